The Kier molecular flexibility index (Phi) is 7.69. The molecule has 3 aromatic carbocycles. The highest BCUT2D eigenvalue weighted by molar-refractivity contribution is 6.03. The predicted octanol–water partition coefficient (Wildman–Crippen LogP) is 3.49. The zero-order valence-electron chi connectivity index (χ0n) is 19.5. The number of methoxy groups -OCH3 is 1. The van der Waals surface area contributed by atoms with Crippen LogP contribution in [-0.2, 0) is 14.3 Å². The zero-order chi connectivity index (χ0) is 25.5. The van der Waals surface area contributed by atoms with Gasteiger partial charge in [0.25, 0.3) is 11.8 Å². The minimum absolute atomic E-state index is 0.0704. The molecule has 184 valence electrons. The third-order valence-electron chi connectivity index (χ3n) is 5.61. The van der Waals surface area contributed by atoms with Crippen LogP contribution in [0.25, 0.3) is 0 Å². The fourth-order valence-corrected chi connectivity index (χ4v) is 3.77. The second kappa shape index (κ2) is 11.3. The van der Waals surface area contributed by atoms with E-state index in [2.05, 4.69) is 10.4 Å². The van der Waals surface area contributed by atoms with Crippen molar-refractivity contribution in [2.75, 3.05) is 20.3 Å². The van der Waals surface area contributed by atoms with Gasteiger partial charge in [0.15, 0.2) is 6.61 Å². The number of hydrogen-bond donors (Lipinski definition) is 1. The molecule has 0 spiro atoms. The van der Waals surface area contributed by atoms with Gasteiger partial charge in [-0.25, -0.2) is 9.40 Å². The van der Waals surface area contributed by atoms with Gasteiger partial charge in [0.05, 0.1) is 18.9 Å². The molecule has 3 aromatic rings. The molecular weight excluding hydrogens is 465 g/mol. The maximum absolute atomic E-state index is 13.3. The quantitative estimate of drug-likeness (QED) is 0.489. The van der Waals surface area contributed by atoms with E-state index in [9.17, 15) is 18.8 Å². The maximum atomic E-state index is 13.3. The SMILES string of the molecule is COc1ccc(C2CC(c3ccccc3)=NN2C(=O)COC(=O)CNC(=O)c2cccc(F)c2)cc1. The monoisotopic (exact) mass is 489 g/mol. The first-order chi connectivity index (χ1) is 17.4. The highest BCUT2D eigenvalue weighted by Crippen LogP contribution is 2.33. The fraction of sp³-hybridized carbons (Fsp3) is 0.185. The minimum Gasteiger partial charge on any atom is -0.497 e. The number of carbonyl (C=O) groups is 3. The normalized spacial score (nSPS) is 14.7. The highest BCUT2D eigenvalue weighted by atomic mass is 19.1. The Morgan fingerprint density at radius 2 is 1.78 bits per heavy atom. The first kappa shape index (κ1) is 24.6. The van der Waals surface area contributed by atoms with Gasteiger partial charge in [-0.2, -0.15) is 5.10 Å². The van der Waals surface area contributed by atoms with Crippen LogP contribution in [0, 0.1) is 5.82 Å². The van der Waals surface area contributed by atoms with Gasteiger partial charge in [-0.1, -0.05) is 48.5 Å². The van der Waals surface area contributed by atoms with Gasteiger partial charge in [0.1, 0.15) is 18.1 Å². The van der Waals surface area contributed by atoms with E-state index in [4.69, 9.17) is 9.47 Å². The minimum atomic E-state index is -0.805. The standard InChI is InChI=1S/C27H24FN3O5/c1-35-22-12-10-19(11-13-22)24-15-23(18-6-3-2-4-7-18)30-31(24)25(32)17-36-26(33)16-29-27(34)20-8-5-9-21(28)14-20/h2-14,24H,15-17H2,1H3,(H,29,34). The van der Waals surface area contributed by atoms with Crippen molar-refractivity contribution in [3.8, 4) is 5.75 Å². The first-order valence-electron chi connectivity index (χ1n) is 11.2. The van der Waals surface area contributed by atoms with Crippen molar-refractivity contribution in [3.05, 3.63) is 101 Å². The third-order valence-corrected chi connectivity index (χ3v) is 5.61. The number of nitrogens with zero attached hydrogens (tertiary/aromatic N) is 2. The van der Waals surface area contributed by atoms with Crippen LogP contribution in [0.15, 0.2) is 84.0 Å². The summed E-state index contributed by atoms with van der Waals surface area (Å²) in [7, 11) is 1.58. The molecule has 1 heterocycles. The van der Waals surface area contributed by atoms with Crippen LogP contribution >= 0.6 is 0 Å². The Bertz CT molecular complexity index is 1280. The van der Waals surface area contributed by atoms with Crippen LogP contribution in [0.4, 0.5) is 4.39 Å². The van der Waals surface area contributed by atoms with Gasteiger partial charge in [0.2, 0.25) is 0 Å². The summed E-state index contributed by atoms with van der Waals surface area (Å²) in [6.07, 6.45) is 0.486. The Labute approximate surface area is 207 Å². The summed E-state index contributed by atoms with van der Waals surface area (Å²) in [6.45, 7) is -1.02. The summed E-state index contributed by atoms with van der Waals surface area (Å²) in [5.74, 6) is -1.82. The first-order valence-corrected chi connectivity index (χ1v) is 11.2. The van der Waals surface area contributed by atoms with E-state index in [-0.39, 0.29) is 11.6 Å². The van der Waals surface area contributed by atoms with Crippen molar-refractivity contribution in [1.29, 1.82) is 0 Å². The summed E-state index contributed by atoms with van der Waals surface area (Å²) in [5.41, 5.74) is 2.55. The molecule has 0 aliphatic carbocycles. The van der Waals surface area contributed by atoms with Crippen LogP contribution in [0.2, 0.25) is 0 Å². The summed E-state index contributed by atoms with van der Waals surface area (Å²) in [6, 6.07) is 21.5. The summed E-state index contributed by atoms with van der Waals surface area (Å²) in [4.78, 5) is 37.2. The number of hydrogen-bond acceptors (Lipinski definition) is 6. The van der Waals surface area contributed by atoms with Crippen molar-refractivity contribution in [1.82, 2.24) is 10.3 Å². The number of esters is 1. The molecule has 0 radical (unpaired) electrons. The fourth-order valence-electron chi connectivity index (χ4n) is 3.77. The van der Waals surface area contributed by atoms with E-state index in [0.717, 1.165) is 22.9 Å². The van der Waals surface area contributed by atoms with Crippen LogP contribution in [0.5, 0.6) is 5.75 Å². The van der Waals surface area contributed by atoms with Crippen LogP contribution in [0.3, 0.4) is 0 Å². The molecule has 0 saturated heterocycles. The van der Waals surface area contributed by atoms with E-state index < -0.39 is 36.8 Å². The Morgan fingerprint density at radius 3 is 2.47 bits per heavy atom. The van der Waals surface area contributed by atoms with Gasteiger partial charge in [0, 0.05) is 12.0 Å². The molecule has 9 heteroatoms. The molecule has 1 N–H and O–H groups in total. The number of rotatable bonds is 8. The summed E-state index contributed by atoms with van der Waals surface area (Å²) < 4.78 is 23.6. The lowest BCUT2D eigenvalue weighted by Gasteiger charge is -2.22. The lowest BCUT2D eigenvalue weighted by molar-refractivity contribution is -0.152. The molecule has 1 atom stereocenters. The van der Waals surface area contributed by atoms with Crippen LogP contribution in [-0.4, -0.2) is 48.8 Å². The van der Waals surface area contributed by atoms with Gasteiger partial charge in [-0.3, -0.25) is 14.4 Å². The van der Waals surface area contributed by atoms with Gasteiger partial charge in [-0.05, 0) is 41.5 Å². The molecule has 1 unspecified atom stereocenters. The molecule has 1 aliphatic heterocycles. The number of carbonyl (C=O) groups excluding carboxylic acids is 3. The van der Waals surface area contributed by atoms with E-state index in [1.165, 1.54) is 23.2 Å². The van der Waals surface area contributed by atoms with Crippen molar-refractivity contribution in [3.63, 3.8) is 0 Å². The number of nitrogens with one attached hydrogen (secondary N) is 1. The molecule has 0 aromatic heterocycles. The van der Waals surface area contributed by atoms with Gasteiger partial charge in [-0.15, -0.1) is 0 Å². The van der Waals surface area contributed by atoms with E-state index >= 15 is 0 Å². The molecule has 0 saturated carbocycles. The van der Waals surface area contributed by atoms with Crippen molar-refractivity contribution in [2.45, 2.75) is 12.5 Å². The molecule has 1 aliphatic rings. The zero-order valence-corrected chi connectivity index (χ0v) is 19.5. The van der Waals surface area contributed by atoms with Gasteiger partial charge >= 0.3 is 5.97 Å². The maximum Gasteiger partial charge on any atom is 0.325 e. The number of benzene rings is 3. The van der Waals surface area contributed by atoms with Crippen molar-refractivity contribution < 1.29 is 28.2 Å². The molecule has 0 bridgehead atoms. The Balaban J connectivity index is 1.40. The number of hydrazone groups is 1. The third kappa shape index (κ3) is 5.93. The van der Waals surface area contributed by atoms with Crippen molar-refractivity contribution in [2.24, 2.45) is 5.10 Å². The molecule has 4 rings (SSSR count). The average Bonchev–Trinajstić information content (AvgIpc) is 3.36. The Morgan fingerprint density at radius 1 is 1.03 bits per heavy atom. The Hall–Kier alpha value is -4.53. The summed E-state index contributed by atoms with van der Waals surface area (Å²) >= 11 is 0. The van der Waals surface area contributed by atoms with E-state index in [1.54, 1.807) is 19.2 Å². The van der Waals surface area contributed by atoms with E-state index in [0.29, 0.717) is 12.2 Å². The smallest absolute Gasteiger partial charge is 0.325 e. The molecule has 2 amide bonds. The second-order valence-corrected chi connectivity index (χ2v) is 8.00. The van der Waals surface area contributed by atoms with Crippen LogP contribution in [0.1, 0.15) is 33.9 Å². The molecule has 8 nitrogen and oxygen atoms in total. The lowest BCUT2D eigenvalue weighted by Crippen LogP contribution is -2.34. The number of halogens is 1. The largest absolute Gasteiger partial charge is 0.497 e. The van der Waals surface area contributed by atoms with Crippen molar-refractivity contribution >= 4 is 23.5 Å². The van der Waals surface area contributed by atoms with Crippen LogP contribution < -0.4 is 10.1 Å². The topological polar surface area (TPSA) is 97.3 Å². The highest BCUT2D eigenvalue weighted by Gasteiger charge is 2.33. The number of ether oxygens (including phenoxy) is 2. The number of amides is 2. The predicted molar refractivity (Wildman–Crippen MR) is 130 cm³/mol. The lowest BCUT2D eigenvalue weighted by atomic mass is 9.98. The summed E-state index contributed by atoms with van der Waals surface area (Å²) in [5, 5.41) is 8.20. The average molecular weight is 490 g/mol. The molecule has 36 heavy (non-hydrogen) atoms. The van der Waals surface area contributed by atoms with Gasteiger partial charge < -0.3 is 14.8 Å². The van der Waals surface area contributed by atoms with E-state index in [1.807, 2.05) is 42.5 Å². The molecule has 0 fully saturated rings. The molecular formula is C27H24FN3O5. The second-order valence-electron chi connectivity index (χ2n) is 8.00.